The Hall–Kier alpha value is -1.83. The molecule has 2 rings (SSSR count). The minimum atomic E-state index is -0.153. The Morgan fingerprint density at radius 3 is 2.75 bits per heavy atom. The predicted octanol–water partition coefficient (Wildman–Crippen LogP) is 4.42. The smallest absolute Gasteiger partial charge is 0.310 e. The van der Waals surface area contributed by atoms with Crippen LogP contribution < -0.4 is 0 Å². The molecule has 2 nitrogen and oxygen atoms in total. The maximum atomic E-state index is 11.7. The third-order valence-corrected chi connectivity index (χ3v) is 3.73. The fraction of sp³-hybridized carbons (Fsp3) is 0.389. The molecule has 0 N–H and O–H groups in total. The van der Waals surface area contributed by atoms with Gasteiger partial charge in [-0.25, -0.2) is 0 Å². The molecule has 0 bridgehead atoms. The number of esters is 1. The fourth-order valence-electron chi connectivity index (χ4n) is 2.44. The van der Waals surface area contributed by atoms with Crippen LogP contribution in [0.25, 0.3) is 0 Å². The quantitative estimate of drug-likeness (QED) is 0.460. The molecule has 106 valence electrons. The van der Waals surface area contributed by atoms with Crippen LogP contribution in [-0.4, -0.2) is 5.97 Å². The molecule has 1 aromatic carbocycles. The van der Waals surface area contributed by atoms with Gasteiger partial charge in [-0.05, 0) is 43.2 Å². The average Bonchev–Trinajstić information content (AvgIpc) is 2.45. The van der Waals surface area contributed by atoms with Gasteiger partial charge in [0.25, 0.3) is 0 Å². The summed E-state index contributed by atoms with van der Waals surface area (Å²) in [4.78, 5) is 11.7. The first kappa shape index (κ1) is 14.6. The van der Waals surface area contributed by atoms with Crippen LogP contribution in [0.15, 0.2) is 53.8 Å². The minimum absolute atomic E-state index is 0.153. The van der Waals surface area contributed by atoms with Crippen LogP contribution >= 0.6 is 0 Å². The first-order valence-electron chi connectivity index (χ1n) is 7.25. The summed E-state index contributed by atoms with van der Waals surface area (Å²) in [6.45, 7) is 4.30. The number of ether oxygens (including phenoxy) is 1. The highest BCUT2D eigenvalue weighted by molar-refractivity contribution is 5.70. The Balaban J connectivity index is 1.81. The maximum absolute atomic E-state index is 11.7. The van der Waals surface area contributed by atoms with Gasteiger partial charge in [-0.2, -0.15) is 0 Å². The average molecular weight is 270 g/mol. The molecule has 0 radical (unpaired) electrons. The lowest BCUT2D eigenvalue weighted by molar-refractivity contribution is -0.138. The van der Waals surface area contributed by atoms with Crippen molar-refractivity contribution < 1.29 is 9.53 Å². The third kappa shape index (κ3) is 4.37. The van der Waals surface area contributed by atoms with Gasteiger partial charge in [-0.1, -0.05) is 48.9 Å². The van der Waals surface area contributed by atoms with E-state index in [2.05, 4.69) is 19.9 Å². The molecule has 1 aromatic rings. The van der Waals surface area contributed by atoms with E-state index in [1.54, 1.807) is 6.26 Å². The summed E-state index contributed by atoms with van der Waals surface area (Å²) in [5.74, 6) is 0.227. The lowest BCUT2D eigenvalue weighted by atomic mass is 9.88. The molecule has 0 aromatic heterocycles. The second kappa shape index (κ2) is 7.09. The zero-order chi connectivity index (χ0) is 14.4. The molecule has 1 aliphatic rings. The molecule has 0 amide bonds. The number of hydrogen-bond donors (Lipinski definition) is 0. The minimum Gasteiger partial charge on any atom is -0.435 e. The van der Waals surface area contributed by atoms with Crippen LogP contribution in [0, 0.1) is 5.92 Å². The molecule has 2 heteroatoms. The van der Waals surface area contributed by atoms with E-state index in [9.17, 15) is 4.79 Å². The highest BCUT2D eigenvalue weighted by Crippen LogP contribution is 2.27. The van der Waals surface area contributed by atoms with E-state index in [1.807, 2.05) is 30.3 Å². The summed E-state index contributed by atoms with van der Waals surface area (Å²) in [6.07, 6.45) is 7.13. The van der Waals surface area contributed by atoms with Gasteiger partial charge in [0, 0.05) is 6.42 Å². The van der Waals surface area contributed by atoms with E-state index in [4.69, 9.17) is 4.74 Å². The third-order valence-electron chi connectivity index (χ3n) is 3.73. The number of aryl methyl sites for hydroxylation is 1. The van der Waals surface area contributed by atoms with Crippen LogP contribution in [-0.2, 0) is 16.0 Å². The molecule has 20 heavy (non-hydrogen) atoms. The van der Waals surface area contributed by atoms with E-state index in [1.165, 1.54) is 16.7 Å². The molecule has 0 spiro atoms. The number of carbonyl (C=O) groups is 1. The second-order valence-corrected chi connectivity index (χ2v) is 5.47. The Labute approximate surface area is 121 Å². The SMILES string of the molecule is CC1=CC(C)/C(=C\OC(=O)CCc2ccccc2)CC1. The summed E-state index contributed by atoms with van der Waals surface area (Å²) in [7, 11) is 0. The van der Waals surface area contributed by atoms with E-state index in [-0.39, 0.29) is 5.97 Å². The van der Waals surface area contributed by atoms with Crippen molar-refractivity contribution in [3.63, 3.8) is 0 Å². The van der Waals surface area contributed by atoms with Crippen LogP contribution in [0.5, 0.6) is 0 Å². The van der Waals surface area contributed by atoms with Crippen molar-refractivity contribution in [3.05, 3.63) is 59.4 Å². The van der Waals surface area contributed by atoms with Crippen LogP contribution in [0.3, 0.4) is 0 Å². The van der Waals surface area contributed by atoms with Gasteiger partial charge in [-0.15, -0.1) is 0 Å². The topological polar surface area (TPSA) is 26.3 Å². The zero-order valence-electron chi connectivity index (χ0n) is 12.3. The van der Waals surface area contributed by atoms with E-state index in [0.29, 0.717) is 12.3 Å². The molecule has 0 heterocycles. The highest BCUT2D eigenvalue weighted by Gasteiger charge is 2.13. The first-order chi connectivity index (χ1) is 9.65. The lowest BCUT2D eigenvalue weighted by Crippen LogP contribution is -2.07. The van der Waals surface area contributed by atoms with Gasteiger partial charge in [0.05, 0.1) is 6.26 Å². The van der Waals surface area contributed by atoms with Gasteiger partial charge in [0.2, 0.25) is 0 Å². The van der Waals surface area contributed by atoms with E-state index >= 15 is 0 Å². The molecule has 1 unspecified atom stereocenters. The molecular formula is C18H22O2. The van der Waals surface area contributed by atoms with Crippen LogP contribution in [0.2, 0.25) is 0 Å². The molecule has 0 saturated heterocycles. The summed E-state index contributed by atoms with van der Waals surface area (Å²) >= 11 is 0. The van der Waals surface area contributed by atoms with E-state index in [0.717, 1.165) is 19.3 Å². The van der Waals surface area contributed by atoms with Crippen molar-refractivity contribution in [2.75, 3.05) is 0 Å². The maximum Gasteiger partial charge on any atom is 0.310 e. The van der Waals surface area contributed by atoms with Crippen molar-refractivity contribution in [1.29, 1.82) is 0 Å². The molecule has 1 aliphatic carbocycles. The first-order valence-corrected chi connectivity index (χ1v) is 7.25. The Bertz CT molecular complexity index is 511. The highest BCUT2D eigenvalue weighted by atomic mass is 16.5. The number of hydrogen-bond acceptors (Lipinski definition) is 2. The zero-order valence-corrected chi connectivity index (χ0v) is 12.3. The van der Waals surface area contributed by atoms with Gasteiger partial charge >= 0.3 is 5.97 Å². The summed E-state index contributed by atoms with van der Waals surface area (Å²) in [5, 5.41) is 0. The standard InChI is InChI=1S/C18H22O2/c1-14-8-10-17(15(2)12-14)13-20-18(19)11-9-16-6-4-3-5-7-16/h3-7,12-13,15H,8-11H2,1-2H3/b17-13-. The number of allylic oxidation sites excluding steroid dienone is 3. The molecule has 0 fully saturated rings. The number of benzene rings is 1. The number of carbonyl (C=O) groups excluding carboxylic acids is 1. The molecular weight excluding hydrogens is 248 g/mol. The van der Waals surface area contributed by atoms with Crippen molar-refractivity contribution in [2.45, 2.75) is 39.5 Å². The summed E-state index contributed by atoms with van der Waals surface area (Å²) < 4.78 is 5.28. The van der Waals surface area contributed by atoms with Crippen LogP contribution in [0.1, 0.15) is 38.7 Å². The predicted molar refractivity (Wildman–Crippen MR) is 81.1 cm³/mol. The van der Waals surface area contributed by atoms with Crippen LogP contribution in [0.4, 0.5) is 0 Å². The monoisotopic (exact) mass is 270 g/mol. The van der Waals surface area contributed by atoms with Crippen molar-refractivity contribution in [1.82, 2.24) is 0 Å². The Morgan fingerprint density at radius 2 is 2.05 bits per heavy atom. The normalized spacial score (nSPS) is 20.6. The Kier molecular flexibility index (Phi) is 5.16. The molecule has 0 saturated carbocycles. The lowest BCUT2D eigenvalue weighted by Gasteiger charge is -2.19. The van der Waals surface area contributed by atoms with Crippen molar-refractivity contribution in [2.24, 2.45) is 5.92 Å². The largest absolute Gasteiger partial charge is 0.435 e. The van der Waals surface area contributed by atoms with Gasteiger partial charge in [-0.3, -0.25) is 4.79 Å². The van der Waals surface area contributed by atoms with Gasteiger partial charge in [0.1, 0.15) is 0 Å². The van der Waals surface area contributed by atoms with Gasteiger partial charge < -0.3 is 4.74 Å². The Morgan fingerprint density at radius 1 is 1.30 bits per heavy atom. The van der Waals surface area contributed by atoms with Gasteiger partial charge in [0.15, 0.2) is 0 Å². The summed E-state index contributed by atoms with van der Waals surface area (Å²) in [5.41, 5.74) is 3.80. The van der Waals surface area contributed by atoms with Crippen molar-refractivity contribution in [3.8, 4) is 0 Å². The number of rotatable bonds is 4. The second-order valence-electron chi connectivity index (χ2n) is 5.47. The summed E-state index contributed by atoms with van der Waals surface area (Å²) in [6, 6.07) is 10.0. The van der Waals surface area contributed by atoms with Crippen molar-refractivity contribution >= 4 is 5.97 Å². The molecule has 1 atom stereocenters. The fourth-order valence-corrected chi connectivity index (χ4v) is 2.44. The molecule has 0 aliphatic heterocycles. The van der Waals surface area contributed by atoms with E-state index < -0.39 is 0 Å².